The number of nitrogens with zero attached hydrogens (tertiary/aromatic N) is 1. The molecule has 1 aromatic rings. The summed E-state index contributed by atoms with van der Waals surface area (Å²) in [6, 6.07) is 4.74. The molecular weight excluding hydrogens is 422 g/mol. The predicted molar refractivity (Wildman–Crippen MR) is 95.2 cm³/mol. The molecule has 128 valence electrons. The number of terminal acetylenes is 1. The van der Waals surface area contributed by atoms with Crippen molar-refractivity contribution in [3.8, 4) is 18.1 Å². The van der Waals surface area contributed by atoms with E-state index in [-0.39, 0.29) is 42.9 Å². The highest BCUT2D eigenvalue weighted by Gasteiger charge is 2.30. The van der Waals surface area contributed by atoms with Crippen LogP contribution in [-0.4, -0.2) is 32.2 Å². The number of benzene rings is 1. The molecule has 0 aliphatic rings. The number of nitrogens with one attached hydrogen (secondary N) is 2. The molecule has 1 aromatic carbocycles. The van der Waals surface area contributed by atoms with Crippen molar-refractivity contribution in [3.63, 3.8) is 0 Å². The number of aliphatic imine (C=N–C) groups is 1. The molecule has 0 saturated heterocycles. The van der Waals surface area contributed by atoms with Gasteiger partial charge in [-0.2, -0.15) is 13.2 Å². The van der Waals surface area contributed by atoms with Gasteiger partial charge in [0.1, 0.15) is 12.4 Å². The molecule has 0 aliphatic carbocycles. The van der Waals surface area contributed by atoms with E-state index < -0.39 is 11.7 Å². The summed E-state index contributed by atoms with van der Waals surface area (Å²) in [6.45, 7) is 3.36. The Labute approximate surface area is 150 Å². The van der Waals surface area contributed by atoms with E-state index in [1.807, 2.05) is 6.92 Å². The first-order valence-corrected chi connectivity index (χ1v) is 6.73. The van der Waals surface area contributed by atoms with Crippen molar-refractivity contribution in [2.24, 2.45) is 4.99 Å². The van der Waals surface area contributed by atoms with Gasteiger partial charge in [0.25, 0.3) is 0 Å². The van der Waals surface area contributed by atoms with Crippen LogP contribution in [0.1, 0.15) is 12.5 Å². The molecule has 1 rings (SSSR count). The summed E-state index contributed by atoms with van der Waals surface area (Å²) in [5, 5.41) is 5.88. The monoisotopic (exact) mass is 441 g/mol. The Balaban J connectivity index is 0.00000484. The number of hydrogen-bond donors (Lipinski definition) is 2. The van der Waals surface area contributed by atoms with Crippen LogP contribution in [0.5, 0.6) is 5.75 Å². The summed E-state index contributed by atoms with van der Waals surface area (Å²) in [5.41, 5.74) is -0.738. The maximum Gasteiger partial charge on any atom is 0.416 e. The first-order chi connectivity index (χ1) is 10.5. The summed E-state index contributed by atoms with van der Waals surface area (Å²) < 4.78 is 42.9. The summed E-state index contributed by atoms with van der Waals surface area (Å²) in [5.74, 6) is 3.12. The van der Waals surface area contributed by atoms with Gasteiger partial charge in [0.05, 0.1) is 18.7 Å². The molecule has 0 heterocycles. The van der Waals surface area contributed by atoms with Gasteiger partial charge in [-0.1, -0.05) is 12.0 Å². The van der Waals surface area contributed by atoms with Crippen molar-refractivity contribution < 1.29 is 17.9 Å². The quantitative estimate of drug-likeness (QED) is 0.235. The highest BCUT2D eigenvalue weighted by atomic mass is 127. The van der Waals surface area contributed by atoms with Crippen LogP contribution in [-0.2, 0) is 6.18 Å². The van der Waals surface area contributed by atoms with Crippen molar-refractivity contribution in [1.29, 1.82) is 0 Å². The van der Waals surface area contributed by atoms with E-state index in [9.17, 15) is 13.2 Å². The molecule has 0 amide bonds. The molecular formula is C15H19F3IN3O. The van der Waals surface area contributed by atoms with Gasteiger partial charge in [-0.25, -0.2) is 4.99 Å². The summed E-state index contributed by atoms with van der Waals surface area (Å²) in [7, 11) is 0. The van der Waals surface area contributed by atoms with Crippen LogP contribution >= 0.6 is 24.0 Å². The van der Waals surface area contributed by atoms with E-state index in [4.69, 9.17) is 11.2 Å². The van der Waals surface area contributed by atoms with Gasteiger partial charge >= 0.3 is 6.18 Å². The molecule has 0 saturated carbocycles. The van der Waals surface area contributed by atoms with Gasteiger partial charge < -0.3 is 15.4 Å². The van der Waals surface area contributed by atoms with Crippen LogP contribution in [0.25, 0.3) is 0 Å². The molecule has 0 unspecified atom stereocenters. The molecule has 8 heteroatoms. The average Bonchev–Trinajstić information content (AvgIpc) is 2.48. The van der Waals surface area contributed by atoms with E-state index in [0.29, 0.717) is 19.0 Å². The Morgan fingerprint density at radius 2 is 2.09 bits per heavy atom. The van der Waals surface area contributed by atoms with Gasteiger partial charge in [0.2, 0.25) is 0 Å². The number of rotatable bonds is 6. The van der Waals surface area contributed by atoms with Crippen LogP contribution in [0.15, 0.2) is 29.3 Å². The minimum atomic E-state index is -4.38. The zero-order valence-electron chi connectivity index (χ0n) is 12.6. The van der Waals surface area contributed by atoms with Crippen LogP contribution in [0.3, 0.4) is 0 Å². The number of guanidine groups is 1. The third kappa shape index (κ3) is 8.54. The Kier molecular flexibility index (Phi) is 10.2. The minimum Gasteiger partial charge on any atom is -0.492 e. The highest BCUT2D eigenvalue weighted by Crippen LogP contribution is 2.31. The number of alkyl halides is 3. The topological polar surface area (TPSA) is 45.7 Å². The lowest BCUT2D eigenvalue weighted by atomic mass is 10.2. The van der Waals surface area contributed by atoms with Crippen LogP contribution in [0.4, 0.5) is 13.2 Å². The zero-order valence-corrected chi connectivity index (χ0v) is 14.9. The predicted octanol–water partition coefficient (Wildman–Crippen LogP) is 2.89. The molecule has 0 aromatic heterocycles. The van der Waals surface area contributed by atoms with Crippen LogP contribution < -0.4 is 15.4 Å². The van der Waals surface area contributed by atoms with Crippen molar-refractivity contribution in [2.45, 2.75) is 13.1 Å². The summed E-state index contributed by atoms with van der Waals surface area (Å²) in [6.07, 6.45) is 0.761. The molecule has 2 N–H and O–H groups in total. The van der Waals surface area contributed by atoms with Gasteiger partial charge in [0.15, 0.2) is 5.96 Å². The Morgan fingerprint density at radius 3 is 2.70 bits per heavy atom. The van der Waals surface area contributed by atoms with Crippen molar-refractivity contribution >= 4 is 29.9 Å². The number of halogens is 4. The van der Waals surface area contributed by atoms with Crippen LogP contribution in [0.2, 0.25) is 0 Å². The second-order valence-electron chi connectivity index (χ2n) is 4.19. The standard InChI is InChI=1S/C15H18F3N3O.HI/c1-3-8-20-14(19-4-2)21-9-10-22-13-7-5-6-12(11-13)15(16,17)18;/h1,5-7,11H,4,8-10H2,2H3,(H2,19,20,21);1H. The van der Waals surface area contributed by atoms with Crippen LogP contribution in [0, 0.1) is 12.3 Å². The fraction of sp³-hybridized carbons (Fsp3) is 0.400. The van der Waals surface area contributed by atoms with Crippen molar-refractivity contribution in [3.05, 3.63) is 29.8 Å². The highest BCUT2D eigenvalue weighted by molar-refractivity contribution is 14.0. The lowest BCUT2D eigenvalue weighted by molar-refractivity contribution is -0.137. The second-order valence-corrected chi connectivity index (χ2v) is 4.19. The molecule has 0 bridgehead atoms. The zero-order chi connectivity index (χ0) is 16.4. The fourth-order valence-electron chi connectivity index (χ4n) is 1.56. The normalized spacial score (nSPS) is 11.2. The second kappa shape index (κ2) is 11.0. The lowest BCUT2D eigenvalue weighted by Gasteiger charge is -2.11. The molecule has 0 atom stereocenters. The van der Waals surface area contributed by atoms with E-state index in [1.165, 1.54) is 12.1 Å². The average molecular weight is 441 g/mol. The molecule has 0 radical (unpaired) electrons. The maximum atomic E-state index is 12.6. The molecule has 0 aliphatic heterocycles. The van der Waals surface area contributed by atoms with Gasteiger partial charge in [0, 0.05) is 6.54 Å². The van der Waals surface area contributed by atoms with Gasteiger partial charge in [-0.3, -0.25) is 0 Å². The first-order valence-electron chi connectivity index (χ1n) is 6.73. The Bertz CT molecular complexity index is 542. The van der Waals surface area contributed by atoms with Crippen molar-refractivity contribution in [1.82, 2.24) is 10.6 Å². The Morgan fingerprint density at radius 1 is 1.35 bits per heavy atom. The largest absolute Gasteiger partial charge is 0.492 e. The van der Waals surface area contributed by atoms with E-state index in [0.717, 1.165) is 12.1 Å². The van der Waals surface area contributed by atoms with E-state index >= 15 is 0 Å². The SMILES string of the molecule is C#CCNC(=NCCOc1cccc(C(F)(F)F)c1)NCC.I. The smallest absolute Gasteiger partial charge is 0.416 e. The molecule has 4 nitrogen and oxygen atoms in total. The molecule has 23 heavy (non-hydrogen) atoms. The fourth-order valence-corrected chi connectivity index (χ4v) is 1.56. The third-order valence-corrected chi connectivity index (χ3v) is 2.49. The maximum absolute atomic E-state index is 12.6. The molecule has 0 fully saturated rings. The summed E-state index contributed by atoms with van der Waals surface area (Å²) in [4.78, 5) is 4.19. The molecule has 0 spiro atoms. The third-order valence-electron chi connectivity index (χ3n) is 2.49. The lowest BCUT2D eigenvalue weighted by Crippen LogP contribution is -2.37. The number of hydrogen-bond acceptors (Lipinski definition) is 2. The van der Waals surface area contributed by atoms with E-state index in [2.05, 4.69) is 21.5 Å². The summed E-state index contributed by atoms with van der Waals surface area (Å²) >= 11 is 0. The first kappa shape index (κ1) is 21.4. The minimum absolute atomic E-state index is 0. The Hall–Kier alpha value is -1.63. The van der Waals surface area contributed by atoms with Crippen molar-refractivity contribution in [2.75, 3.05) is 26.2 Å². The number of ether oxygens (including phenoxy) is 1. The van der Waals surface area contributed by atoms with E-state index in [1.54, 1.807) is 0 Å². The van der Waals surface area contributed by atoms with Gasteiger partial charge in [-0.15, -0.1) is 30.4 Å². The van der Waals surface area contributed by atoms with Gasteiger partial charge in [-0.05, 0) is 25.1 Å².